The standard InChI is InChI=1S/C53H105NO5/c1-4-7-10-13-16-19-22-25-26-28-30-33-36-39-42-45-51(56)50(48-55)54-52(57)47-49(44-41-38-35-32-29-27-23-20-17-14-11-8-5-2)59-53(58)46-43-40-37-34-31-24-21-18-15-12-9-6-3/h49-51,55-56H,4-48H2,1-3H3,(H,54,57). The quantitative estimate of drug-likeness (QED) is 0.0419. The van der Waals surface area contributed by atoms with Gasteiger partial charge in [-0.3, -0.25) is 9.59 Å². The molecule has 1 amide bonds. The van der Waals surface area contributed by atoms with Crippen molar-refractivity contribution in [2.24, 2.45) is 0 Å². The van der Waals surface area contributed by atoms with Crippen LogP contribution in [0.1, 0.15) is 303 Å². The normalized spacial score (nSPS) is 13.1. The molecule has 0 aliphatic carbocycles. The van der Waals surface area contributed by atoms with Gasteiger partial charge in [0.15, 0.2) is 0 Å². The van der Waals surface area contributed by atoms with Crippen LogP contribution in [-0.2, 0) is 14.3 Å². The van der Waals surface area contributed by atoms with Crippen LogP contribution in [0.4, 0.5) is 0 Å². The Morgan fingerprint density at radius 3 is 1.03 bits per heavy atom. The molecule has 3 atom stereocenters. The number of hydrogen-bond acceptors (Lipinski definition) is 5. The van der Waals surface area contributed by atoms with Crippen LogP contribution in [0.2, 0.25) is 0 Å². The zero-order chi connectivity index (χ0) is 43.1. The Bertz CT molecular complexity index is 852. The molecule has 3 N–H and O–H groups in total. The minimum absolute atomic E-state index is 0.0879. The Morgan fingerprint density at radius 2 is 0.712 bits per heavy atom. The van der Waals surface area contributed by atoms with Crippen LogP contribution < -0.4 is 5.32 Å². The predicted octanol–water partition coefficient (Wildman–Crippen LogP) is 16.0. The second kappa shape index (κ2) is 47.9. The van der Waals surface area contributed by atoms with Crippen LogP contribution in [-0.4, -0.2) is 46.9 Å². The molecule has 0 saturated carbocycles. The van der Waals surface area contributed by atoms with Gasteiger partial charge in [0, 0.05) is 6.42 Å². The number of nitrogens with one attached hydrogen (secondary N) is 1. The SMILES string of the molecule is CCCCCCCCCCCCCCCCCC(O)C(CO)NC(=O)CC(CCCCCCCCCCCCCCC)OC(=O)CCCCCCCCCCCCCC. The fourth-order valence-electron chi connectivity index (χ4n) is 8.61. The average molecular weight is 836 g/mol. The van der Waals surface area contributed by atoms with Crippen molar-refractivity contribution in [2.75, 3.05) is 6.61 Å². The van der Waals surface area contributed by atoms with E-state index in [-0.39, 0.29) is 24.9 Å². The fourth-order valence-corrected chi connectivity index (χ4v) is 8.61. The van der Waals surface area contributed by atoms with Gasteiger partial charge in [0.2, 0.25) is 5.91 Å². The number of carbonyl (C=O) groups excluding carboxylic acids is 2. The molecule has 0 aromatic heterocycles. The number of hydrogen-bond donors (Lipinski definition) is 3. The second-order valence-corrected chi connectivity index (χ2v) is 18.6. The first-order chi connectivity index (χ1) is 29.0. The third-order valence-corrected chi connectivity index (χ3v) is 12.7. The van der Waals surface area contributed by atoms with Crippen LogP contribution in [0.3, 0.4) is 0 Å². The van der Waals surface area contributed by atoms with E-state index in [0.29, 0.717) is 19.3 Å². The number of rotatable bonds is 49. The molecule has 0 saturated heterocycles. The Morgan fingerprint density at radius 1 is 0.424 bits per heavy atom. The molecule has 59 heavy (non-hydrogen) atoms. The van der Waals surface area contributed by atoms with Gasteiger partial charge in [0.1, 0.15) is 6.10 Å². The number of aliphatic hydroxyl groups excluding tert-OH is 2. The van der Waals surface area contributed by atoms with E-state index in [1.165, 1.54) is 212 Å². The van der Waals surface area contributed by atoms with E-state index in [9.17, 15) is 19.8 Å². The third kappa shape index (κ3) is 43.3. The Hall–Kier alpha value is -1.14. The highest BCUT2D eigenvalue weighted by Crippen LogP contribution is 2.19. The molecule has 6 nitrogen and oxygen atoms in total. The fraction of sp³-hybridized carbons (Fsp3) is 0.962. The number of ether oxygens (including phenoxy) is 1. The Labute approximate surface area is 368 Å². The monoisotopic (exact) mass is 836 g/mol. The summed E-state index contributed by atoms with van der Waals surface area (Å²) >= 11 is 0. The molecule has 0 bridgehead atoms. The molecule has 0 aromatic carbocycles. The highest BCUT2D eigenvalue weighted by Gasteiger charge is 2.24. The number of amides is 1. The van der Waals surface area contributed by atoms with Crippen molar-refractivity contribution in [2.45, 2.75) is 322 Å². The molecule has 0 spiro atoms. The first kappa shape index (κ1) is 57.9. The van der Waals surface area contributed by atoms with E-state index < -0.39 is 18.2 Å². The van der Waals surface area contributed by atoms with Crippen molar-refractivity contribution in [1.82, 2.24) is 5.32 Å². The smallest absolute Gasteiger partial charge is 0.306 e. The lowest BCUT2D eigenvalue weighted by Gasteiger charge is -2.24. The lowest BCUT2D eigenvalue weighted by atomic mass is 10.0. The zero-order valence-electron chi connectivity index (χ0n) is 40.2. The van der Waals surface area contributed by atoms with Crippen LogP contribution in [0.15, 0.2) is 0 Å². The number of aliphatic hydroxyl groups is 2. The van der Waals surface area contributed by atoms with Gasteiger partial charge < -0.3 is 20.3 Å². The molecule has 352 valence electrons. The molecule has 0 radical (unpaired) electrons. The van der Waals surface area contributed by atoms with Crippen molar-refractivity contribution in [3.05, 3.63) is 0 Å². The van der Waals surface area contributed by atoms with Crippen molar-refractivity contribution in [3.8, 4) is 0 Å². The van der Waals surface area contributed by atoms with Crippen molar-refractivity contribution >= 4 is 11.9 Å². The van der Waals surface area contributed by atoms with E-state index in [1.54, 1.807) is 0 Å². The van der Waals surface area contributed by atoms with E-state index in [0.717, 1.165) is 44.9 Å². The highest BCUT2D eigenvalue weighted by molar-refractivity contribution is 5.77. The maximum absolute atomic E-state index is 13.2. The highest BCUT2D eigenvalue weighted by atomic mass is 16.5. The molecule has 0 aliphatic heterocycles. The number of unbranched alkanes of at least 4 members (excludes halogenated alkanes) is 37. The molecule has 0 rings (SSSR count). The largest absolute Gasteiger partial charge is 0.462 e. The summed E-state index contributed by atoms with van der Waals surface area (Å²) in [4.78, 5) is 26.1. The summed E-state index contributed by atoms with van der Waals surface area (Å²) in [6.07, 6.45) is 51.6. The Balaban J connectivity index is 4.48. The average Bonchev–Trinajstić information content (AvgIpc) is 3.23. The predicted molar refractivity (Wildman–Crippen MR) is 255 cm³/mol. The maximum atomic E-state index is 13.2. The summed E-state index contributed by atoms with van der Waals surface area (Å²) in [5, 5.41) is 23.8. The van der Waals surface area contributed by atoms with Gasteiger partial charge in [0.05, 0.1) is 25.2 Å². The minimum atomic E-state index is -0.779. The van der Waals surface area contributed by atoms with Gasteiger partial charge in [0.25, 0.3) is 0 Å². The van der Waals surface area contributed by atoms with Crippen molar-refractivity contribution < 1.29 is 24.5 Å². The van der Waals surface area contributed by atoms with Crippen molar-refractivity contribution in [3.63, 3.8) is 0 Å². The summed E-state index contributed by atoms with van der Waals surface area (Å²) in [5.41, 5.74) is 0. The van der Waals surface area contributed by atoms with Gasteiger partial charge in [-0.2, -0.15) is 0 Å². The maximum Gasteiger partial charge on any atom is 0.306 e. The van der Waals surface area contributed by atoms with E-state index in [2.05, 4.69) is 26.1 Å². The van der Waals surface area contributed by atoms with E-state index in [4.69, 9.17) is 4.74 Å². The molecular formula is C53H105NO5. The number of carbonyl (C=O) groups is 2. The summed E-state index contributed by atoms with van der Waals surface area (Å²) in [7, 11) is 0. The van der Waals surface area contributed by atoms with Crippen LogP contribution in [0, 0.1) is 0 Å². The topological polar surface area (TPSA) is 95.9 Å². The summed E-state index contributed by atoms with van der Waals surface area (Å²) in [6, 6.07) is -0.692. The zero-order valence-corrected chi connectivity index (χ0v) is 40.2. The second-order valence-electron chi connectivity index (χ2n) is 18.6. The first-order valence-electron chi connectivity index (χ1n) is 26.8. The minimum Gasteiger partial charge on any atom is -0.462 e. The third-order valence-electron chi connectivity index (χ3n) is 12.7. The molecular weight excluding hydrogens is 731 g/mol. The molecule has 0 heterocycles. The van der Waals surface area contributed by atoms with Gasteiger partial charge in [-0.25, -0.2) is 0 Å². The molecule has 6 heteroatoms. The molecule has 0 fully saturated rings. The van der Waals surface area contributed by atoms with Gasteiger partial charge in [-0.1, -0.05) is 265 Å². The van der Waals surface area contributed by atoms with Crippen molar-refractivity contribution in [1.29, 1.82) is 0 Å². The van der Waals surface area contributed by atoms with E-state index in [1.807, 2.05) is 0 Å². The summed E-state index contributed by atoms with van der Waals surface area (Å²) in [5.74, 6) is -0.450. The van der Waals surface area contributed by atoms with Crippen LogP contribution in [0.5, 0.6) is 0 Å². The molecule has 0 aliphatic rings. The number of esters is 1. The summed E-state index contributed by atoms with van der Waals surface area (Å²) < 4.78 is 5.94. The molecule has 0 aromatic rings. The van der Waals surface area contributed by atoms with Gasteiger partial charge >= 0.3 is 5.97 Å². The first-order valence-corrected chi connectivity index (χ1v) is 26.8. The van der Waals surface area contributed by atoms with Crippen LogP contribution >= 0.6 is 0 Å². The summed E-state index contributed by atoms with van der Waals surface area (Å²) in [6.45, 7) is 6.51. The Kier molecular flexibility index (Phi) is 47.0. The molecule has 3 unspecified atom stereocenters. The van der Waals surface area contributed by atoms with E-state index >= 15 is 0 Å². The lowest BCUT2D eigenvalue weighted by Crippen LogP contribution is -2.46. The van der Waals surface area contributed by atoms with Gasteiger partial charge in [-0.15, -0.1) is 0 Å². The van der Waals surface area contributed by atoms with Gasteiger partial charge in [-0.05, 0) is 25.7 Å². The lowest BCUT2D eigenvalue weighted by molar-refractivity contribution is -0.151. The van der Waals surface area contributed by atoms with Crippen LogP contribution in [0.25, 0.3) is 0 Å².